The van der Waals surface area contributed by atoms with Crippen molar-refractivity contribution in [3.8, 4) is 0 Å². The molecule has 102 valence electrons. The molecule has 3 unspecified atom stereocenters. The van der Waals surface area contributed by atoms with Crippen molar-refractivity contribution in [2.75, 3.05) is 26.7 Å². The summed E-state index contributed by atoms with van der Waals surface area (Å²) in [5.74, 6) is 0.334. The van der Waals surface area contributed by atoms with Crippen LogP contribution >= 0.6 is 0 Å². The van der Waals surface area contributed by atoms with E-state index in [-0.39, 0.29) is 5.54 Å². The number of nitrogens with zero attached hydrogens (tertiary/aromatic N) is 2. The van der Waals surface area contributed by atoms with Gasteiger partial charge in [-0.15, -0.1) is 0 Å². The van der Waals surface area contributed by atoms with Crippen molar-refractivity contribution in [2.24, 2.45) is 0 Å². The number of hydrogen-bond donors (Lipinski definition) is 1. The average Bonchev–Trinajstić information content (AvgIpc) is 2.85. The van der Waals surface area contributed by atoms with Crippen LogP contribution in [0, 0.1) is 0 Å². The Hall–Kier alpha value is -0.610. The Morgan fingerprint density at radius 1 is 1.28 bits per heavy atom. The molecular formula is C14H25N3O. The SMILES string of the molecule is CN1C2CCC1CN(C(=O)C1(C)CCCN1)CC2. The van der Waals surface area contributed by atoms with E-state index >= 15 is 0 Å². The maximum absolute atomic E-state index is 12.7. The first-order chi connectivity index (χ1) is 8.60. The van der Waals surface area contributed by atoms with Gasteiger partial charge in [-0.3, -0.25) is 9.69 Å². The largest absolute Gasteiger partial charge is 0.339 e. The number of nitrogens with one attached hydrogen (secondary N) is 1. The van der Waals surface area contributed by atoms with Crippen molar-refractivity contribution >= 4 is 5.91 Å². The second kappa shape index (κ2) is 4.49. The fourth-order valence-electron chi connectivity index (χ4n) is 3.92. The van der Waals surface area contributed by atoms with Crippen LogP contribution in [0.4, 0.5) is 0 Å². The fourth-order valence-corrected chi connectivity index (χ4v) is 3.92. The van der Waals surface area contributed by atoms with Crippen LogP contribution in [0.3, 0.4) is 0 Å². The van der Waals surface area contributed by atoms with Crippen LogP contribution in [0.15, 0.2) is 0 Å². The standard InChI is InChI=1S/C14H25N3O/c1-14(7-3-8-15-14)13(18)17-9-6-11-4-5-12(10-17)16(11)2/h11-12,15H,3-10H2,1-2H3. The summed E-state index contributed by atoms with van der Waals surface area (Å²) in [6, 6.07) is 1.29. The van der Waals surface area contributed by atoms with Gasteiger partial charge >= 0.3 is 0 Å². The molecule has 0 saturated carbocycles. The summed E-state index contributed by atoms with van der Waals surface area (Å²) >= 11 is 0. The van der Waals surface area contributed by atoms with Crippen molar-refractivity contribution in [3.05, 3.63) is 0 Å². The second-order valence-corrected chi connectivity index (χ2v) is 6.45. The van der Waals surface area contributed by atoms with E-state index in [1.54, 1.807) is 0 Å². The van der Waals surface area contributed by atoms with E-state index in [1.165, 1.54) is 12.8 Å². The molecule has 3 rings (SSSR count). The Morgan fingerprint density at radius 3 is 2.78 bits per heavy atom. The molecule has 3 atom stereocenters. The van der Waals surface area contributed by atoms with Gasteiger partial charge in [0.25, 0.3) is 0 Å². The molecule has 18 heavy (non-hydrogen) atoms. The third-order valence-corrected chi connectivity index (χ3v) is 5.28. The lowest BCUT2D eigenvalue weighted by Crippen LogP contribution is -2.54. The molecule has 0 spiro atoms. The molecule has 3 saturated heterocycles. The lowest BCUT2D eigenvalue weighted by atomic mass is 9.97. The number of carbonyl (C=O) groups is 1. The van der Waals surface area contributed by atoms with E-state index < -0.39 is 0 Å². The number of carbonyl (C=O) groups excluding carboxylic acids is 1. The van der Waals surface area contributed by atoms with E-state index in [2.05, 4.69) is 29.1 Å². The van der Waals surface area contributed by atoms with Gasteiger partial charge in [-0.2, -0.15) is 0 Å². The van der Waals surface area contributed by atoms with Crippen molar-refractivity contribution < 1.29 is 4.79 Å². The summed E-state index contributed by atoms with van der Waals surface area (Å²) in [6.07, 6.45) is 5.84. The summed E-state index contributed by atoms with van der Waals surface area (Å²) < 4.78 is 0. The normalized spacial score (nSPS) is 41.1. The minimum absolute atomic E-state index is 0.290. The maximum Gasteiger partial charge on any atom is 0.242 e. The Balaban J connectivity index is 1.71. The number of amides is 1. The van der Waals surface area contributed by atoms with Gasteiger partial charge in [-0.1, -0.05) is 0 Å². The van der Waals surface area contributed by atoms with Crippen LogP contribution in [-0.4, -0.2) is 60.0 Å². The number of likely N-dealkylation sites (N-methyl/N-ethyl adjacent to an activating group) is 1. The van der Waals surface area contributed by atoms with E-state index in [0.717, 1.165) is 38.9 Å². The highest BCUT2D eigenvalue weighted by molar-refractivity contribution is 5.86. The predicted octanol–water partition coefficient (Wildman–Crippen LogP) is 0.824. The molecule has 3 aliphatic rings. The smallest absolute Gasteiger partial charge is 0.242 e. The highest BCUT2D eigenvalue weighted by Crippen LogP contribution is 2.30. The predicted molar refractivity (Wildman–Crippen MR) is 71.4 cm³/mol. The van der Waals surface area contributed by atoms with E-state index in [4.69, 9.17) is 0 Å². The molecule has 3 heterocycles. The molecule has 0 aromatic rings. The Kier molecular flexibility index (Phi) is 3.10. The van der Waals surface area contributed by atoms with Gasteiger partial charge in [-0.25, -0.2) is 0 Å². The van der Waals surface area contributed by atoms with Crippen LogP contribution in [0.25, 0.3) is 0 Å². The zero-order valence-electron chi connectivity index (χ0n) is 11.6. The van der Waals surface area contributed by atoms with Crippen molar-refractivity contribution in [1.82, 2.24) is 15.1 Å². The molecule has 2 bridgehead atoms. The van der Waals surface area contributed by atoms with E-state index in [0.29, 0.717) is 18.0 Å². The zero-order valence-corrected chi connectivity index (χ0v) is 11.6. The summed E-state index contributed by atoms with van der Waals surface area (Å²) in [7, 11) is 2.23. The lowest BCUT2D eigenvalue weighted by molar-refractivity contribution is -0.137. The quantitative estimate of drug-likeness (QED) is 0.749. The fraction of sp³-hybridized carbons (Fsp3) is 0.929. The topological polar surface area (TPSA) is 35.6 Å². The van der Waals surface area contributed by atoms with Crippen LogP contribution in [-0.2, 0) is 4.79 Å². The molecular weight excluding hydrogens is 226 g/mol. The molecule has 0 aromatic carbocycles. The maximum atomic E-state index is 12.7. The third kappa shape index (κ3) is 1.95. The van der Waals surface area contributed by atoms with Crippen LogP contribution in [0.1, 0.15) is 39.0 Å². The van der Waals surface area contributed by atoms with Crippen molar-refractivity contribution in [2.45, 2.75) is 56.7 Å². The molecule has 1 amide bonds. The monoisotopic (exact) mass is 251 g/mol. The molecule has 4 nitrogen and oxygen atoms in total. The summed E-state index contributed by atoms with van der Waals surface area (Å²) in [5, 5.41) is 3.40. The number of fused-ring (bicyclic) bond motifs is 2. The van der Waals surface area contributed by atoms with Gasteiger partial charge in [-0.05, 0) is 52.6 Å². The van der Waals surface area contributed by atoms with Gasteiger partial charge < -0.3 is 10.2 Å². The minimum atomic E-state index is -0.290. The van der Waals surface area contributed by atoms with Gasteiger partial charge in [0.1, 0.15) is 0 Å². The zero-order chi connectivity index (χ0) is 12.8. The molecule has 0 aromatic heterocycles. The van der Waals surface area contributed by atoms with E-state index in [9.17, 15) is 4.79 Å². The summed E-state index contributed by atoms with van der Waals surface area (Å²) in [6.45, 7) is 4.95. The molecule has 1 N–H and O–H groups in total. The summed E-state index contributed by atoms with van der Waals surface area (Å²) in [4.78, 5) is 17.3. The first-order valence-electron chi connectivity index (χ1n) is 7.36. The Labute approximate surface area is 110 Å². The minimum Gasteiger partial charge on any atom is -0.339 e. The van der Waals surface area contributed by atoms with Gasteiger partial charge in [0.15, 0.2) is 0 Å². The van der Waals surface area contributed by atoms with Gasteiger partial charge in [0.05, 0.1) is 5.54 Å². The number of hydrogen-bond acceptors (Lipinski definition) is 3. The highest BCUT2D eigenvalue weighted by Gasteiger charge is 2.42. The molecule has 4 heteroatoms. The first kappa shape index (κ1) is 12.4. The molecule has 3 aliphatic heterocycles. The Morgan fingerprint density at radius 2 is 2.06 bits per heavy atom. The number of rotatable bonds is 1. The van der Waals surface area contributed by atoms with Crippen LogP contribution < -0.4 is 5.32 Å². The lowest BCUT2D eigenvalue weighted by Gasteiger charge is -2.33. The second-order valence-electron chi connectivity index (χ2n) is 6.45. The third-order valence-electron chi connectivity index (χ3n) is 5.28. The highest BCUT2D eigenvalue weighted by atomic mass is 16.2. The molecule has 3 fully saturated rings. The first-order valence-corrected chi connectivity index (χ1v) is 7.36. The number of likely N-dealkylation sites (tertiary alicyclic amines) is 1. The average molecular weight is 251 g/mol. The van der Waals surface area contributed by atoms with Crippen LogP contribution in [0.2, 0.25) is 0 Å². The van der Waals surface area contributed by atoms with Gasteiger partial charge in [0, 0.05) is 25.2 Å². The van der Waals surface area contributed by atoms with Crippen molar-refractivity contribution in [3.63, 3.8) is 0 Å². The van der Waals surface area contributed by atoms with Gasteiger partial charge in [0.2, 0.25) is 5.91 Å². The van der Waals surface area contributed by atoms with Crippen LogP contribution in [0.5, 0.6) is 0 Å². The molecule has 0 radical (unpaired) electrons. The van der Waals surface area contributed by atoms with E-state index in [1.807, 2.05) is 0 Å². The Bertz CT molecular complexity index is 338. The molecule has 0 aliphatic carbocycles. The van der Waals surface area contributed by atoms with Crippen molar-refractivity contribution in [1.29, 1.82) is 0 Å². The summed E-state index contributed by atoms with van der Waals surface area (Å²) in [5.41, 5.74) is -0.290.